The third-order valence-electron chi connectivity index (χ3n) is 11.9. The van der Waals surface area contributed by atoms with Crippen molar-refractivity contribution in [2.24, 2.45) is 0 Å². The first-order chi connectivity index (χ1) is 31.2. The lowest BCUT2D eigenvalue weighted by Crippen LogP contribution is -2.41. The van der Waals surface area contributed by atoms with Crippen molar-refractivity contribution in [3.63, 3.8) is 0 Å². The van der Waals surface area contributed by atoms with E-state index in [1.54, 1.807) is 13.8 Å². The predicted molar refractivity (Wildman–Crippen MR) is 261 cm³/mol. The summed E-state index contributed by atoms with van der Waals surface area (Å²) in [5, 5.41) is 11.7. The molecule has 0 aliphatic carbocycles. The maximum atomic E-state index is 12.7. The van der Waals surface area contributed by atoms with Gasteiger partial charge in [-0.3, -0.25) is 19.2 Å². The summed E-state index contributed by atoms with van der Waals surface area (Å²) in [6.45, 7) is 9.63. The first-order valence-corrected chi connectivity index (χ1v) is 26.6. The average Bonchev–Trinajstić information content (AvgIpc) is 3.27. The summed E-state index contributed by atoms with van der Waals surface area (Å²) in [6, 6.07) is -1.35. The maximum absolute atomic E-state index is 12.7. The average molecular weight is 907 g/mol. The van der Waals surface area contributed by atoms with Gasteiger partial charge in [0.2, 0.25) is 23.6 Å². The van der Waals surface area contributed by atoms with Crippen molar-refractivity contribution in [1.82, 2.24) is 21.3 Å². The molecule has 0 unspecified atom stereocenters. The summed E-state index contributed by atoms with van der Waals surface area (Å²) in [5.41, 5.74) is 0. The largest absolute Gasteiger partial charge is 0.464 e. The van der Waals surface area contributed by atoms with Crippen molar-refractivity contribution in [2.45, 2.75) is 271 Å². The number of unbranched alkanes of at least 4 members (excludes halogenated alkanes) is 25. The van der Waals surface area contributed by atoms with Crippen LogP contribution >= 0.6 is 0 Å². The van der Waals surface area contributed by atoms with E-state index >= 15 is 0 Å². The molecule has 0 aromatic rings. The molecule has 2 atom stereocenters. The molecule has 0 fully saturated rings. The Kier molecular flexibility index (Phi) is 44.1. The molecule has 12 nitrogen and oxygen atoms in total. The van der Waals surface area contributed by atoms with Crippen LogP contribution in [-0.4, -0.2) is 74.0 Å². The van der Waals surface area contributed by atoms with E-state index in [9.17, 15) is 28.8 Å². The van der Waals surface area contributed by atoms with E-state index in [1.165, 1.54) is 89.9 Å². The van der Waals surface area contributed by atoms with E-state index < -0.39 is 24.0 Å². The van der Waals surface area contributed by atoms with Gasteiger partial charge in [-0.2, -0.15) is 0 Å². The number of esters is 2. The summed E-state index contributed by atoms with van der Waals surface area (Å²) in [5.74, 6) is -0.926. The number of carbonyl (C=O) groups excluding carboxylic acids is 6. The lowest BCUT2D eigenvalue weighted by Gasteiger charge is -2.17. The zero-order chi connectivity index (χ0) is 47.1. The normalized spacial score (nSPS) is 12.0. The second-order valence-corrected chi connectivity index (χ2v) is 17.9. The molecular formula is C52H98N4O8. The zero-order valence-electron chi connectivity index (χ0n) is 41.7. The van der Waals surface area contributed by atoms with Gasteiger partial charge in [-0.15, -0.1) is 0 Å². The highest BCUT2D eigenvalue weighted by Gasteiger charge is 2.22. The number of carbonyl (C=O) groups is 6. The highest BCUT2D eigenvalue weighted by atomic mass is 16.5. The van der Waals surface area contributed by atoms with Crippen LogP contribution < -0.4 is 21.3 Å². The quantitative estimate of drug-likeness (QED) is 0.0345. The number of nitrogens with one attached hydrogen (secondary N) is 4. The number of amides is 4. The fraction of sp³-hybridized carbons (Fsp3) is 0.885. The third-order valence-corrected chi connectivity index (χ3v) is 11.9. The van der Waals surface area contributed by atoms with Gasteiger partial charge in [0.15, 0.2) is 0 Å². The van der Waals surface area contributed by atoms with Gasteiger partial charge in [-0.25, -0.2) is 9.59 Å². The van der Waals surface area contributed by atoms with Crippen molar-refractivity contribution >= 4 is 35.6 Å². The Hall–Kier alpha value is -3.18. The molecule has 4 N–H and O–H groups in total. The van der Waals surface area contributed by atoms with E-state index in [2.05, 4.69) is 35.1 Å². The molecule has 0 rings (SSSR count). The van der Waals surface area contributed by atoms with E-state index in [4.69, 9.17) is 9.47 Å². The molecule has 0 radical (unpaired) electrons. The van der Waals surface area contributed by atoms with Crippen molar-refractivity contribution in [2.75, 3.05) is 26.3 Å². The lowest BCUT2D eigenvalue weighted by molar-refractivity contribution is -0.148. The Balaban J connectivity index is 4.09. The monoisotopic (exact) mass is 907 g/mol. The van der Waals surface area contributed by atoms with Crippen molar-refractivity contribution < 1.29 is 38.2 Å². The standard InChI is InChI=1S/C52H98N4O8/c1-5-9-11-13-15-17-21-25-29-39-47(57)53-43-35-33-37-45(51(61)63-7-3)55-49(59)41-31-27-23-19-20-24-28-32-42-50(60)56-46(52(62)64-8-4)38-34-36-44-54-48(58)40-30-26-22-18-16-14-12-10-6-2/h45-46H,5-44H2,1-4H3,(H,53,57)(H,54,58)(H,55,59)(H,56,60)/t45-,46-/m0/s1. The summed E-state index contributed by atoms with van der Waals surface area (Å²) < 4.78 is 10.4. The van der Waals surface area contributed by atoms with Gasteiger partial charge < -0.3 is 30.7 Å². The molecule has 374 valence electrons. The summed E-state index contributed by atoms with van der Waals surface area (Å²) in [6.07, 6.45) is 35.2. The van der Waals surface area contributed by atoms with Crippen LogP contribution in [-0.2, 0) is 38.2 Å². The second-order valence-electron chi connectivity index (χ2n) is 17.9. The summed E-state index contributed by atoms with van der Waals surface area (Å²) in [4.78, 5) is 74.9. The Morgan fingerprint density at radius 1 is 0.328 bits per heavy atom. The van der Waals surface area contributed by atoms with Crippen molar-refractivity contribution in [3.05, 3.63) is 0 Å². The number of hydrogen-bond donors (Lipinski definition) is 4. The topological polar surface area (TPSA) is 169 Å². The summed E-state index contributed by atoms with van der Waals surface area (Å²) >= 11 is 0. The van der Waals surface area contributed by atoms with Crippen molar-refractivity contribution in [1.29, 1.82) is 0 Å². The van der Waals surface area contributed by atoms with E-state index in [1.807, 2.05) is 0 Å². The minimum atomic E-state index is -0.673. The van der Waals surface area contributed by atoms with Crippen LogP contribution in [0.5, 0.6) is 0 Å². The van der Waals surface area contributed by atoms with Crippen LogP contribution in [0.25, 0.3) is 0 Å². The van der Waals surface area contributed by atoms with Crippen LogP contribution in [0, 0.1) is 0 Å². The smallest absolute Gasteiger partial charge is 0.328 e. The van der Waals surface area contributed by atoms with Crippen LogP contribution in [0.1, 0.15) is 259 Å². The van der Waals surface area contributed by atoms with Crippen LogP contribution in [0.2, 0.25) is 0 Å². The Bertz CT molecular complexity index is 1080. The molecule has 4 amide bonds. The molecule has 64 heavy (non-hydrogen) atoms. The molecule has 0 spiro atoms. The highest BCUT2D eigenvalue weighted by Crippen LogP contribution is 2.14. The van der Waals surface area contributed by atoms with Gasteiger partial charge in [0, 0.05) is 38.8 Å². The molecule has 0 aromatic carbocycles. The van der Waals surface area contributed by atoms with Crippen LogP contribution in [0.3, 0.4) is 0 Å². The molecule has 0 aromatic heterocycles. The molecule has 0 saturated carbocycles. The predicted octanol–water partition coefficient (Wildman–Crippen LogP) is 11.4. The van der Waals surface area contributed by atoms with Crippen molar-refractivity contribution in [3.8, 4) is 0 Å². The first kappa shape index (κ1) is 60.8. The fourth-order valence-electron chi connectivity index (χ4n) is 7.92. The highest BCUT2D eigenvalue weighted by molar-refractivity contribution is 5.85. The Morgan fingerprint density at radius 2 is 0.594 bits per heavy atom. The van der Waals surface area contributed by atoms with Gasteiger partial charge in [-0.1, -0.05) is 155 Å². The molecule has 0 bridgehead atoms. The number of rotatable bonds is 47. The fourth-order valence-corrected chi connectivity index (χ4v) is 7.92. The molecule has 0 heterocycles. The van der Waals surface area contributed by atoms with Crippen LogP contribution in [0.4, 0.5) is 0 Å². The lowest BCUT2D eigenvalue weighted by atomic mass is 10.1. The van der Waals surface area contributed by atoms with Gasteiger partial charge in [0.1, 0.15) is 12.1 Å². The summed E-state index contributed by atoms with van der Waals surface area (Å²) in [7, 11) is 0. The molecular weight excluding hydrogens is 809 g/mol. The minimum absolute atomic E-state index is 0.0848. The Labute approximate surface area is 391 Å². The second kappa shape index (κ2) is 46.4. The minimum Gasteiger partial charge on any atom is -0.464 e. The SMILES string of the molecule is CCCCCCCCCCCC(=O)NCCCC[C@H](NC(=O)CCCCCCCCCCC(=O)N[C@@H](CCCCNC(=O)CCCCCCCCCCC)C(=O)OCC)C(=O)OCC. The zero-order valence-corrected chi connectivity index (χ0v) is 41.7. The van der Waals surface area contributed by atoms with Crippen LogP contribution in [0.15, 0.2) is 0 Å². The first-order valence-electron chi connectivity index (χ1n) is 26.6. The molecule has 0 aliphatic heterocycles. The van der Waals surface area contributed by atoms with Gasteiger partial charge >= 0.3 is 11.9 Å². The maximum Gasteiger partial charge on any atom is 0.328 e. The van der Waals surface area contributed by atoms with E-state index in [0.29, 0.717) is 64.5 Å². The molecule has 12 heteroatoms. The third kappa shape index (κ3) is 40.3. The van der Waals surface area contributed by atoms with Gasteiger partial charge in [-0.05, 0) is 78.1 Å². The molecule has 0 aliphatic rings. The number of ether oxygens (including phenoxy) is 2. The molecule has 0 saturated heterocycles. The van der Waals surface area contributed by atoms with Gasteiger partial charge in [0.25, 0.3) is 0 Å². The van der Waals surface area contributed by atoms with E-state index in [-0.39, 0.29) is 36.8 Å². The number of hydrogen-bond acceptors (Lipinski definition) is 8. The van der Waals surface area contributed by atoms with Gasteiger partial charge in [0.05, 0.1) is 13.2 Å². The Morgan fingerprint density at radius 3 is 0.875 bits per heavy atom. The van der Waals surface area contributed by atoms with E-state index in [0.717, 1.165) is 89.9 Å².